The first-order valence-electron chi connectivity index (χ1n) is 8.13. The van der Waals surface area contributed by atoms with Gasteiger partial charge < -0.3 is 4.74 Å². The molecule has 1 atom stereocenters. The third kappa shape index (κ3) is 15.8. The zero-order valence-electron chi connectivity index (χ0n) is 13.7. The molecule has 0 rings (SSSR count). The molecule has 0 aromatic rings. The first kappa shape index (κ1) is 19.7. The van der Waals surface area contributed by atoms with Crippen molar-refractivity contribution in [2.75, 3.05) is 13.2 Å². The van der Waals surface area contributed by atoms with E-state index < -0.39 is 0 Å². The van der Waals surface area contributed by atoms with Gasteiger partial charge in [0.05, 0.1) is 0 Å². The van der Waals surface area contributed by atoms with E-state index >= 15 is 0 Å². The molecular weight excluding hydrogens is 268 g/mol. The molecule has 0 saturated heterocycles. The third-order valence-corrected chi connectivity index (χ3v) is 3.64. The summed E-state index contributed by atoms with van der Waals surface area (Å²) in [5.41, 5.74) is 3.04. The fourth-order valence-corrected chi connectivity index (χ4v) is 2.20. The lowest BCUT2D eigenvalue weighted by Gasteiger charge is -2.10. The molecular formula is C18H33ClO. The summed E-state index contributed by atoms with van der Waals surface area (Å²) >= 11 is 5.47. The molecule has 118 valence electrons. The van der Waals surface area contributed by atoms with Gasteiger partial charge in [0, 0.05) is 18.7 Å². The van der Waals surface area contributed by atoms with Gasteiger partial charge in [-0.2, -0.15) is 0 Å². The van der Waals surface area contributed by atoms with Crippen molar-refractivity contribution in [1.29, 1.82) is 0 Å². The molecule has 0 bridgehead atoms. The van der Waals surface area contributed by atoms with Gasteiger partial charge in [-0.3, -0.25) is 0 Å². The number of halogens is 1. The Kier molecular flexibility index (Phi) is 14.9. The van der Waals surface area contributed by atoms with Crippen molar-refractivity contribution in [2.45, 2.75) is 72.1 Å². The summed E-state index contributed by atoms with van der Waals surface area (Å²) in [5.74, 6) is 0.771. The number of hydrogen-bond donors (Lipinski definition) is 0. The summed E-state index contributed by atoms with van der Waals surface area (Å²) in [6.45, 7) is 8.50. The van der Waals surface area contributed by atoms with Crippen LogP contribution >= 0.6 is 11.6 Å². The molecule has 0 aliphatic heterocycles. The molecule has 0 saturated carbocycles. The molecule has 0 heterocycles. The highest BCUT2D eigenvalue weighted by atomic mass is 35.5. The Morgan fingerprint density at radius 1 is 1.00 bits per heavy atom. The molecule has 1 unspecified atom stereocenters. The van der Waals surface area contributed by atoms with E-state index in [1.54, 1.807) is 5.54 Å². The van der Waals surface area contributed by atoms with Crippen molar-refractivity contribution in [2.24, 2.45) is 5.92 Å². The number of unbranched alkanes of at least 4 members (excludes halogenated alkanes) is 4. The van der Waals surface area contributed by atoms with E-state index in [1.165, 1.54) is 50.5 Å². The maximum Gasteiger partial charge on any atom is 0.0468 e. The number of rotatable bonds is 13. The topological polar surface area (TPSA) is 9.23 Å². The van der Waals surface area contributed by atoms with Crippen LogP contribution in [0.5, 0.6) is 0 Å². The van der Waals surface area contributed by atoms with Crippen LogP contribution in [0.15, 0.2) is 23.3 Å². The Hall–Kier alpha value is -0.270. The molecule has 0 aromatic heterocycles. The molecule has 0 aliphatic carbocycles. The summed E-state index contributed by atoms with van der Waals surface area (Å²) in [5, 5.41) is 0. The SMILES string of the molecule is CC(C)=CCCC(C)CCOCCCCCC/C=C\Cl. The van der Waals surface area contributed by atoms with Crippen LogP contribution in [-0.2, 0) is 4.74 Å². The van der Waals surface area contributed by atoms with Crippen LogP contribution in [0.2, 0.25) is 0 Å². The minimum absolute atomic E-state index is 0.771. The first-order chi connectivity index (χ1) is 9.66. The molecule has 20 heavy (non-hydrogen) atoms. The Morgan fingerprint density at radius 2 is 1.75 bits per heavy atom. The molecule has 2 heteroatoms. The van der Waals surface area contributed by atoms with Crippen LogP contribution in [0.1, 0.15) is 72.1 Å². The highest BCUT2D eigenvalue weighted by Gasteiger charge is 2.01. The first-order valence-corrected chi connectivity index (χ1v) is 8.56. The predicted octanol–water partition coefficient (Wildman–Crippen LogP) is 6.48. The van der Waals surface area contributed by atoms with Crippen molar-refractivity contribution in [3.63, 3.8) is 0 Å². The van der Waals surface area contributed by atoms with E-state index in [0.717, 1.165) is 25.6 Å². The van der Waals surface area contributed by atoms with Crippen molar-refractivity contribution >= 4 is 11.6 Å². The van der Waals surface area contributed by atoms with E-state index in [9.17, 15) is 0 Å². The lowest BCUT2D eigenvalue weighted by Crippen LogP contribution is -2.03. The van der Waals surface area contributed by atoms with Gasteiger partial charge in [-0.25, -0.2) is 0 Å². The highest BCUT2D eigenvalue weighted by molar-refractivity contribution is 6.25. The Labute approximate surface area is 131 Å². The van der Waals surface area contributed by atoms with Crippen LogP contribution in [0, 0.1) is 5.92 Å². The number of hydrogen-bond acceptors (Lipinski definition) is 1. The standard InChI is InChI=1S/C18H33ClO/c1-17(2)11-10-12-18(3)13-16-20-15-9-7-5-4-6-8-14-19/h8,11,14,18H,4-7,9-10,12-13,15-16H2,1-3H3/b14-8-. The smallest absolute Gasteiger partial charge is 0.0468 e. The van der Waals surface area contributed by atoms with Crippen molar-refractivity contribution in [3.05, 3.63) is 23.3 Å². The Morgan fingerprint density at radius 3 is 2.45 bits per heavy atom. The number of allylic oxidation sites excluding steroid dienone is 3. The van der Waals surface area contributed by atoms with Gasteiger partial charge in [0.2, 0.25) is 0 Å². The zero-order valence-corrected chi connectivity index (χ0v) is 14.4. The van der Waals surface area contributed by atoms with Gasteiger partial charge in [0.15, 0.2) is 0 Å². The molecule has 1 nitrogen and oxygen atoms in total. The highest BCUT2D eigenvalue weighted by Crippen LogP contribution is 2.12. The van der Waals surface area contributed by atoms with Crippen LogP contribution in [0.4, 0.5) is 0 Å². The van der Waals surface area contributed by atoms with Crippen LogP contribution < -0.4 is 0 Å². The summed E-state index contributed by atoms with van der Waals surface area (Å²) < 4.78 is 5.71. The molecule has 0 amide bonds. The van der Waals surface area contributed by atoms with Gasteiger partial charge >= 0.3 is 0 Å². The summed E-state index contributed by atoms with van der Waals surface area (Å²) in [7, 11) is 0. The molecule has 0 fully saturated rings. The molecule has 0 aromatic carbocycles. The van der Waals surface area contributed by atoms with Crippen LogP contribution in [0.3, 0.4) is 0 Å². The maximum absolute atomic E-state index is 5.71. The van der Waals surface area contributed by atoms with Crippen molar-refractivity contribution < 1.29 is 4.74 Å². The van der Waals surface area contributed by atoms with Crippen LogP contribution in [0.25, 0.3) is 0 Å². The lowest BCUT2D eigenvalue weighted by atomic mass is 10.0. The van der Waals surface area contributed by atoms with Gasteiger partial charge in [-0.1, -0.05) is 49.1 Å². The predicted molar refractivity (Wildman–Crippen MR) is 91.3 cm³/mol. The molecule has 0 spiro atoms. The lowest BCUT2D eigenvalue weighted by molar-refractivity contribution is 0.117. The summed E-state index contributed by atoms with van der Waals surface area (Å²) in [4.78, 5) is 0. The van der Waals surface area contributed by atoms with Gasteiger partial charge in [-0.15, -0.1) is 0 Å². The van der Waals surface area contributed by atoms with E-state index in [2.05, 4.69) is 26.8 Å². The Balaban J connectivity index is 3.21. The molecule has 0 N–H and O–H groups in total. The minimum atomic E-state index is 0.771. The normalized spacial score (nSPS) is 12.8. The van der Waals surface area contributed by atoms with Gasteiger partial charge in [-0.05, 0) is 58.3 Å². The van der Waals surface area contributed by atoms with E-state index in [-0.39, 0.29) is 0 Å². The second-order valence-electron chi connectivity index (χ2n) is 5.93. The summed E-state index contributed by atoms with van der Waals surface area (Å²) in [6, 6.07) is 0. The van der Waals surface area contributed by atoms with E-state index in [1.807, 2.05) is 6.08 Å². The minimum Gasteiger partial charge on any atom is -0.381 e. The molecule has 0 radical (unpaired) electrons. The van der Waals surface area contributed by atoms with E-state index in [0.29, 0.717) is 0 Å². The van der Waals surface area contributed by atoms with Gasteiger partial charge in [0.25, 0.3) is 0 Å². The molecule has 0 aliphatic rings. The van der Waals surface area contributed by atoms with Crippen LogP contribution in [-0.4, -0.2) is 13.2 Å². The average molecular weight is 301 g/mol. The fourth-order valence-electron chi connectivity index (χ4n) is 2.07. The average Bonchev–Trinajstić information content (AvgIpc) is 2.40. The fraction of sp³-hybridized carbons (Fsp3) is 0.778. The van der Waals surface area contributed by atoms with Crippen molar-refractivity contribution in [3.8, 4) is 0 Å². The largest absolute Gasteiger partial charge is 0.381 e. The quantitative estimate of drug-likeness (QED) is 0.279. The summed E-state index contributed by atoms with van der Waals surface area (Å²) in [6.07, 6.45) is 14.1. The second-order valence-corrected chi connectivity index (χ2v) is 6.18. The monoisotopic (exact) mass is 300 g/mol. The second kappa shape index (κ2) is 15.1. The van der Waals surface area contributed by atoms with E-state index in [4.69, 9.17) is 16.3 Å². The van der Waals surface area contributed by atoms with Crippen molar-refractivity contribution in [1.82, 2.24) is 0 Å². The zero-order chi connectivity index (χ0) is 15.1. The Bertz CT molecular complexity index is 254. The third-order valence-electron chi connectivity index (χ3n) is 3.47. The number of ether oxygens (including phenoxy) is 1. The maximum atomic E-state index is 5.71. The van der Waals surface area contributed by atoms with Gasteiger partial charge in [0.1, 0.15) is 0 Å².